The molecule has 0 spiro atoms. The second-order valence-electron chi connectivity index (χ2n) is 3.82. The summed E-state index contributed by atoms with van der Waals surface area (Å²) in [7, 11) is 2.95. The zero-order valence-electron chi connectivity index (χ0n) is 11.1. The molecule has 1 aromatic rings. The van der Waals surface area contributed by atoms with Crippen LogP contribution >= 0.6 is 0 Å². The van der Waals surface area contributed by atoms with E-state index in [9.17, 15) is 13.2 Å². The van der Waals surface area contributed by atoms with E-state index in [2.05, 4.69) is 10.3 Å². The SMILES string of the molecule is COc1ccc(OC)c(NC(N)=NCCC(F)(F)F)c1. The van der Waals surface area contributed by atoms with E-state index in [1.165, 1.54) is 14.2 Å². The molecule has 0 atom stereocenters. The second-order valence-corrected chi connectivity index (χ2v) is 3.82. The Morgan fingerprint density at radius 1 is 1.30 bits per heavy atom. The van der Waals surface area contributed by atoms with Gasteiger partial charge in [-0.2, -0.15) is 13.2 Å². The Balaban J connectivity index is 2.73. The standard InChI is InChI=1S/C12H16F3N3O2/c1-19-8-3-4-10(20-2)9(7-8)18-11(16)17-6-5-12(13,14)15/h3-4,7H,5-6H2,1-2H3,(H3,16,17,18). The number of nitrogens with one attached hydrogen (secondary N) is 1. The fourth-order valence-electron chi connectivity index (χ4n) is 1.39. The highest BCUT2D eigenvalue weighted by Gasteiger charge is 2.26. The van der Waals surface area contributed by atoms with Gasteiger partial charge < -0.3 is 20.5 Å². The van der Waals surface area contributed by atoms with E-state index < -0.39 is 19.1 Å². The number of hydrogen-bond acceptors (Lipinski definition) is 3. The van der Waals surface area contributed by atoms with Crippen molar-refractivity contribution in [2.45, 2.75) is 12.6 Å². The first-order chi connectivity index (χ1) is 9.35. The summed E-state index contributed by atoms with van der Waals surface area (Å²) in [5.41, 5.74) is 5.98. The summed E-state index contributed by atoms with van der Waals surface area (Å²) in [6, 6.07) is 4.93. The van der Waals surface area contributed by atoms with Crippen LogP contribution < -0.4 is 20.5 Å². The van der Waals surface area contributed by atoms with Gasteiger partial charge in [-0.1, -0.05) is 0 Å². The molecule has 1 rings (SSSR count). The predicted octanol–water partition coefficient (Wildman–Crippen LogP) is 2.38. The number of anilines is 1. The highest BCUT2D eigenvalue weighted by atomic mass is 19.4. The summed E-state index contributed by atoms with van der Waals surface area (Å²) >= 11 is 0. The third-order valence-electron chi connectivity index (χ3n) is 2.35. The number of hydrogen-bond donors (Lipinski definition) is 2. The number of benzene rings is 1. The number of aliphatic imine (C=N–C) groups is 1. The van der Waals surface area contributed by atoms with Gasteiger partial charge in [-0.25, -0.2) is 0 Å². The number of alkyl halides is 3. The van der Waals surface area contributed by atoms with Gasteiger partial charge in [0.1, 0.15) is 11.5 Å². The Morgan fingerprint density at radius 3 is 2.55 bits per heavy atom. The van der Waals surface area contributed by atoms with E-state index in [0.717, 1.165) is 0 Å². The number of guanidine groups is 1. The van der Waals surface area contributed by atoms with E-state index in [1.54, 1.807) is 18.2 Å². The van der Waals surface area contributed by atoms with Crippen LogP contribution in [0.4, 0.5) is 18.9 Å². The molecular formula is C12H16F3N3O2. The van der Waals surface area contributed by atoms with Crippen molar-refractivity contribution in [2.75, 3.05) is 26.1 Å². The maximum Gasteiger partial charge on any atom is 0.390 e. The van der Waals surface area contributed by atoms with Crippen LogP contribution in [0.25, 0.3) is 0 Å². The molecule has 0 saturated carbocycles. The molecule has 1 aromatic carbocycles. The maximum absolute atomic E-state index is 12.0. The van der Waals surface area contributed by atoms with Gasteiger partial charge in [0, 0.05) is 6.07 Å². The second kappa shape index (κ2) is 6.88. The number of ether oxygens (including phenoxy) is 2. The molecule has 0 aliphatic rings. The average molecular weight is 291 g/mol. The third kappa shape index (κ3) is 5.25. The van der Waals surface area contributed by atoms with Crippen LogP contribution in [0, 0.1) is 0 Å². The molecule has 8 heteroatoms. The number of rotatable bonds is 5. The van der Waals surface area contributed by atoms with Crippen LogP contribution in [0.15, 0.2) is 23.2 Å². The zero-order valence-corrected chi connectivity index (χ0v) is 11.1. The minimum atomic E-state index is -4.25. The first-order valence-electron chi connectivity index (χ1n) is 5.71. The van der Waals surface area contributed by atoms with Crippen LogP contribution in [-0.4, -0.2) is 32.9 Å². The Hall–Kier alpha value is -2.12. The van der Waals surface area contributed by atoms with Crippen LogP contribution in [0.2, 0.25) is 0 Å². The highest BCUT2D eigenvalue weighted by molar-refractivity contribution is 5.93. The molecular weight excluding hydrogens is 275 g/mol. The fourth-order valence-corrected chi connectivity index (χ4v) is 1.39. The van der Waals surface area contributed by atoms with Crippen molar-refractivity contribution in [2.24, 2.45) is 10.7 Å². The fraction of sp³-hybridized carbons (Fsp3) is 0.417. The topological polar surface area (TPSA) is 68.9 Å². The number of nitrogens with zero attached hydrogens (tertiary/aromatic N) is 1. The van der Waals surface area contributed by atoms with Crippen LogP contribution in [0.5, 0.6) is 11.5 Å². The third-order valence-corrected chi connectivity index (χ3v) is 2.35. The minimum Gasteiger partial charge on any atom is -0.497 e. The van der Waals surface area contributed by atoms with Gasteiger partial charge in [0.15, 0.2) is 5.96 Å². The molecule has 112 valence electrons. The summed E-state index contributed by atoms with van der Waals surface area (Å²) in [5.74, 6) is 0.900. The van der Waals surface area contributed by atoms with Gasteiger partial charge in [0.05, 0.1) is 32.9 Å². The number of methoxy groups -OCH3 is 2. The molecule has 20 heavy (non-hydrogen) atoms. The summed E-state index contributed by atoms with van der Waals surface area (Å²) in [6.45, 7) is -0.436. The normalized spacial score (nSPS) is 12.2. The lowest BCUT2D eigenvalue weighted by Crippen LogP contribution is -2.24. The van der Waals surface area contributed by atoms with E-state index in [1.807, 2.05) is 0 Å². The first-order valence-corrected chi connectivity index (χ1v) is 5.71. The zero-order chi connectivity index (χ0) is 15.2. The average Bonchev–Trinajstić information content (AvgIpc) is 2.37. The molecule has 0 heterocycles. The lowest BCUT2D eigenvalue weighted by Gasteiger charge is -2.12. The Kier molecular flexibility index (Phi) is 5.48. The molecule has 5 nitrogen and oxygen atoms in total. The van der Waals surface area contributed by atoms with Crippen molar-refractivity contribution in [3.05, 3.63) is 18.2 Å². The van der Waals surface area contributed by atoms with Gasteiger partial charge in [-0.3, -0.25) is 4.99 Å². The summed E-state index contributed by atoms with van der Waals surface area (Å²) in [5, 5.41) is 2.68. The Morgan fingerprint density at radius 2 is 2.00 bits per heavy atom. The lowest BCUT2D eigenvalue weighted by atomic mass is 10.2. The molecule has 0 aliphatic heterocycles. The summed E-state index contributed by atoms with van der Waals surface area (Å²) in [6.07, 6.45) is -5.28. The van der Waals surface area contributed by atoms with E-state index in [0.29, 0.717) is 17.2 Å². The number of nitrogens with two attached hydrogens (primary N) is 1. The molecule has 0 saturated heterocycles. The quantitative estimate of drug-likeness (QED) is 0.645. The Labute approximate surface area is 114 Å². The van der Waals surface area contributed by atoms with Crippen molar-refractivity contribution in [1.29, 1.82) is 0 Å². The first kappa shape index (κ1) is 15.9. The van der Waals surface area contributed by atoms with Gasteiger partial charge in [0.25, 0.3) is 0 Å². The molecule has 0 aliphatic carbocycles. The van der Waals surface area contributed by atoms with E-state index in [-0.39, 0.29) is 5.96 Å². The smallest absolute Gasteiger partial charge is 0.390 e. The summed E-state index contributed by atoms with van der Waals surface area (Å²) < 4.78 is 46.1. The molecule has 0 aromatic heterocycles. The van der Waals surface area contributed by atoms with Crippen LogP contribution in [0.3, 0.4) is 0 Å². The van der Waals surface area contributed by atoms with Crippen molar-refractivity contribution < 1.29 is 22.6 Å². The summed E-state index contributed by atoms with van der Waals surface area (Å²) in [4.78, 5) is 3.60. The highest BCUT2D eigenvalue weighted by Crippen LogP contribution is 2.28. The minimum absolute atomic E-state index is 0.124. The van der Waals surface area contributed by atoms with Gasteiger partial charge in [-0.05, 0) is 12.1 Å². The maximum atomic E-state index is 12.0. The van der Waals surface area contributed by atoms with Crippen LogP contribution in [0.1, 0.15) is 6.42 Å². The predicted molar refractivity (Wildman–Crippen MR) is 70.3 cm³/mol. The largest absolute Gasteiger partial charge is 0.497 e. The molecule has 0 radical (unpaired) electrons. The van der Waals surface area contributed by atoms with Crippen molar-refractivity contribution >= 4 is 11.6 Å². The monoisotopic (exact) mass is 291 g/mol. The van der Waals surface area contributed by atoms with Crippen molar-refractivity contribution in [3.63, 3.8) is 0 Å². The van der Waals surface area contributed by atoms with Gasteiger partial charge in [-0.15, -0.1) is 0 Å². The molecule has 3 N–H and O–H groups in total. The molecule has 0 amide bonds. The van der Waals surface area contributed by atoms with E-state index in [4.69, 9.17) is 15.2 Å². The molecule has 0 bridgehead atoms. The van der Waals surface area contributed by atoms with Gasteiger partial charge in [0.2, 0.25) is 0 Å². The van der Waals surface area contributed by atoms with Crippen molar-refractivity contribution in [1.82, 2.24) is 0 Å². The lowest BCUT2D eigenvalue weighted by molar-refractivity contribution is -0.132. The Bertz CT molecular complexity index is 476. The van der Waals surface area contributed by atoms with E-state index >= 15 is 0 Å². The molecule has 0 unspecified atom stereocenters. The number of halogens is 3. The van der Waals surface area contributed by atoms with Crippen LogP contribution in [-0.2, 0) is 0 Å². The van der Waals surface area contributed by atoms with Gasteiger partial charge >= 0.3 is 6.18 Å². The van der Waals surface area contributed by atoms with Crippen molar-refractivity contribution in [3.8, 4) is 11.5 Å². The molecule has 0 fully saturated rings.